The van der Waals surface area contributed by atoms with Crippen LogP contribution in [0.4, 0.5) is 0 Å². The lowest BCUT2D eigenvalue weighted by molar-refractivity contribution is -0.163. The van der Waals surface area contributed by atoms with Crippen LogP contribution < -0.4 is 0 Å². The van der Waals surface area contributed by atoms with Gasteiger partial charge in [-0.25, -0.2) is 29.3 Å². The molecule has 1 aliphatic rings. The highest BCUT2D eigenvalue weighted by Crippen LogP contribution is 2.22. The molecular weight excluding hydrogens is 789 g/mol. The first-order valence-electron chi connectivity index (χ1n) is 20.3. The Kier molecular flexibility index (Phi) is 11.0. The van der Waals surface area contributed by atoms with E-state index in [-0.39, 0.29) is 12.9 Å². The zero-order chi connectivity index (χ0) is 41.7. The predicted octanol–water partition coefficient (Wildman–Crippen LogP) is 4.90. The second kappa shape index (κ2) is 17.6. The van der Waals surface area contributed by atoms with E-state index in [1.165, 1.54) is 0 Å². The number of rotatable bonds is 12. The molecule has 0 aliphatic carbocycles. The van der Waals surface area contributed by atoms with Gasteiger partial charge in [0.1, 0.15) is 0 Å². The van der Waals surface area contributed by atoms with Gasteiger partial charge in [-0.15, -0.1) is 10.2 Å². The second-order valence-electron chi connectivity index (χ2n) is 14.7. The Morgan fingerprint density at radius 3 is 1.79 bits per heavy atom. The van der Waals surface area contributed by atoms with Crippen molar-refractivity contribution in [1.82, 2.24) is 79.5 Å². The summed E-state index contributed by atoms with van der Waals surface area (Å²) in [7, 11) is 0. The van der Waals surface area contributed by atoms with Gasteiger partial charge in [0.2, 0.25) is 11.3 Å². The number of fused-ring (bicyclic) bond motifs is 4. The maximum Gasteiger partial charge on any atom is 0.221 e. The lowest BCUT2D eigenvalue weighted by Gasteiger charge is -2.22. The highest BCUT2D eigenvalue weighted by atomic mass is 16.7. The number of nitrogens with zero attached hydrogens (tertiary/aromatic N) is 16. The van der Waals surface area contributed by atoms with Crippen LogP contribution in [0.25, 0.3) is 66.9 Å². The van der Waals surface area contributed by atoms with Crippen LogP contribution in [-0.4, -0.2) is 111 Å². The third-order valence-corrected chi connectivity index (χ3v) is 10.4. The molecule has 8 aromatic heterocycles. The lowest BCUT2D eigenvalue weighted by Crippen LogP contribution is -2.24. The molecule has 0 bridgehead atoms. The largest absolute Gasteiger partial charge is 0.394 e. The maximum atomic E-state index is 9.04. The van der Waals surface area contributed by atoms with Gasteiger partial charge in [-0.3, -0.25) is 19.3 Å². The molecule has 10 aromatic rings. The lowest BCUT2D eigenvalue weighted by atomic mass is 10.1. The fraction of sp³-hybridized carbons (Fsp3) is 0.256. The topological polar surface area (TPSA) is 213 Å². The summed E-state index contributed by atoms with van der Waals surface area (Å²) in [4.78, 5) is 27.0. The maximum absolute atomic E-state index is 9.04. The van der Waals surface area contributed by atoms with Gasteiger partial charge < -0.3 is 14.6 Å². The Morgan fingerprint density at radius 2 is 1.24 bits per heavy atom. The van der Waals surface area contributed by atoms with Crippen molar-refractivity contribution in [3.8, 4) is 22.5 Å². The summed E-state index contributed by atoms with van der Waals surface area (Å²) < 4.78 is 18.4. The highest BCUT2D eigenvalue weighted by molar-refractivity contribution is 5.80. The van der Waals surface area contributed by atoms with Crippen molar-refractivity contribution in [3.63, 3.8) is 0 Å². The third-order valence-electron chi connectivity index (χ3n) is 10.4. The van der Waals surface area contributed by atoms with Crippen LogP contribution in [0.1, 0.15) is 30.4 Å². The summed E-state index contributed by atoms with van der Waals surface area (Å²) in [5.74, 6) is 0. The Labute approximate surface area is 353 Å². The van der Waals surface area contributed by atoms with Crippen LogP contribution in [0.2, 0.25) is 0 Å². The average molecular weight is 829 g/mol. The van der Waals surface area contributed by atoms with E-state index in [9.17, 15) is 0 Å². The number of hydrogen-bond acceptors (Lipinski definition) is 15. The summed E-state index contributed by atoms with van der Waals surface area (Å²) in [6.07, 6.45) is 17.3. The molecule has 2 aromatic carbocycles. The zero-order valence-electron chi connectivity index (χ0n) is 33.5. The Hall–Kier alpha value is -7.48. The van der Waals surface area contributed by atoms with Crippen LogP contribution in [0.15, 0.2) is 110 Å². The van der Waals surface area contributed by atoms with Crippen LogP contribution in [0.3, 0.4) is 0 Å². The minimum absolute atomic E-state index is 0.0315. The molecule has 1 unspecified atom stereocenters. The quantitative estimate of drug-likeness (QED) is 0.174. The van der Waals surface area contributed by atoms with Crippen molar-refractivity contribution in [2.24, 2.45) is 0 Å². The van der Waals surface area contributed by atoms with Crippen LogP contribution in [0.5, 0.6) is 0 Å². The number of ether oxygens (including phenoxy) is 2. The van der Waals surface area contributed by atoms with Crippen LogP contribution in [0, 0.1) is 0 Å². The van der Waals surface area contributed by atoms with Crippen molar-refractivity contribution in [2.45, 2.75) is 51.7 Å². The molecule has 11 rings (SSSR count). The van der Waals surface area contributed by atoms with E-state index >= 15 is 0 Å². The molecule has 310 valence electrons. The first-order chi connectivity index (χ1) is 30.6. The molecule has 19 nitrogen and oxygen atoms in total. The molecule has 0 radical (unpaired) electrons. The molecule has 1 saturated heterocycles. The monoisotopic (exact) mass is 828 g/mol. The molecule has 0 spiro atoms. The van der Waals surface area contributed by atoms with Gasteiger partial charge in [-0.05, 0) is 66.8 Å². The Bertz CT molecular complexity index is 3120. The van der Waals surface area contributed by atoms with Crippen molar-refractivity contribution in [1.29, 1.82) is 0 Å². The van der Waals surface area contributed by atoms with Crippen molar-refractivity contribution >= 4 is 44.4 Å². The van der Waals surface area contributed by atoms with E-state index in [4.69, 9.17) is 19.6 Å². The van der Waals surface area contributed by atoms with Crippen molar-refractivity contribution in [3.05, 3.63) is 121 Å². The van der Waals surface area contributed by atoms with Gasteiger partial charge in [-0.1, -0.05) is 34.7 Å². The number of hydrogen-bond donors (Lipinski definition) is 1. The fourth-order valence-electron chi connectivity index (χ4n) is 7.25. The SMILES string of the molecule is OCCn1cc(-c2cnc3nnn(Cc4ccc5ncccc5c4)c3n2)cn1.c1cnc2ccc(Cn3nnc4ncc(-c5cnn(CCOC6CCCCO6)c5)nc43)cc2c1. The van der Waals surface area contributed by atoms with Gasteiger partial charge in [0.15, 0.2) is 17.6 Å². The van der Waals surface area contributed by atoms with Crippen LogP contribution in [-0.2, 0) is 35.7 Å². The summed E-state index contributed by atoms with van der Waals surface area (Å²) >= 11 is 0. The highest BCUT2D eigenvalue weighted by Gasteiger charge is 2.16. The van der Waals surface area contributed by atoms with Gasteiger partial charge in [0, 0.05) is 53.3 Å². The van der Waals surface area contributed by atoms with Crippen LogP contribution >= 0.6 is 0 Å². The molecule has 9 heterocycles. The summed E-state index contributed by atoms with van der Waals surface area (Å²) in [5, 5.41) is 36.6. The molecule has 0 saturated carbocycles. The Morgan fingerprint density at radius 1 is 0.661 bits per heavy atom. The summed E-state index contributed by atoms with van der Waals surface area (Å²) in [6, 6.07) is 20.2. The Balaban J connectivity index is 0.000000151. The van der Waals surface area contributed by atoms with Crippen molar-refractivity contribution in [2.75, 3.05) is 19.8 Å². The molecule has 0 amide bonds. The first kappa shape index (κ1) is 38.7. The molecule has 19 heteroatoms. The van der Waals surface area contributed by atoms with Gasteiger partial charge in [0.25, 0.3) is 0 Å². The number of aromatic nitrogens is 16. The standard InChI is InChI=1S/C24H24N8O2.C19H16N8O/c1-2-10-33-22(5-1)34-11-9-31-16-19(13-27-31)21-14-26-23-24(28-21)32(30-29-23)15-17-6-7-20-18(12-17)4-3-8-25-20;28-7-6-26-12-15(9-22-26)17-10-21-18-19(23-17)27(25-24-18)11-13-3-4-16-14(8-13)2-1-5-20-16/h3-4,6-8,12-14,16,22H,1-2,5,9-11,15H2;1-5,8-10,12,28H,6-7,11H2. The minimum Gasteiger partial charge on any atom is -0.394 e. The van der Waals surface area contributed by atoms with E-state index in [2.05, 4.69) is 67.9 Å². The molecule has 1 N–H and O–H groups in total. The minimum atomic E-state index is -0.0938. The molecule has 1 aliphatic heterocycles. The molecule has 62 heavy (non-hydrogen) atoms. The van der Waals surface area contributed by atoms with Gasteiger partial charge in [0.05, 0.1) is 86.6 Å². The normalized spacial score (nSPS) is 14.2. The first-order valence-corrected chi connectivity index (χ1v) is 20.3. The zero-order valence-corrected chi connectivity index (χ0v) is 33.5. The summed E-state index contributed by atoms with van der Waals surface area (Å²) in [6.45, 7) is 3.51. The van der Waals surface area contributed by atoms with Gasteiger partial charge in [-0.2, -0.15) is 10.2 Å². The van der Waals surface area contributed by atoms with E-state index < -0.39 is 0 Å². The number of pyridine rings is 2. The van der Waals surface area contributed by atoms with Crippen molar-refractivity contribution < 1.29 is 14.6 Å². The van der Waals surface area contributed by atoms with E-state index in [1.807, 2.05) is 65.6 Å². The second-order valence-corrected chi connectivity index (χ2v) is 14.7. The average Bonchev–Trinajstić information content (AvgIpc) is 4.15. The molecular formula is C43H40N16O3. The number of aliphatic hydroxyl groups is 1. The molecule has 1 fully saturated rings. The van der Waals surface area contributed by atoms with E-state index in [0.29, 0.717) is 61.1 Å². The molecule has 1 atom stereocenters. The van der Waals surface area contributed by atoms with Gasteiger partial charge >= 0.3 is 0 Å². The predicted molar refractivity (Wildman–Crippen MR) is 227 cm³/mol. The third kappa shape index (κ3) is 8.57. The van der Waals surface area contributed by atoms with E-state index in [1.54, 1.807) is 51.2 Å². The smallest absolute Gasteiger partial charge is 0.221 e. The fourth-order valence-corrected chi connectivity index (χ4v) is 7.25. The van der Waals surface area contributed by atoms with E-state index in [0.717, 1.165) is 75.6 Å². The summed E-state index contributed by atoms with van der Waals surface area (Å²) in [5.41, 5.74) is 9.46. The number of aliphatic hydroxyl groups excluding tert-OH is 1. The number of benzene rings is 2.